The molecule has 0 radical (unpaired) electrons. The van der Waals surface area contributed by atoms with E-state index in [1.54, 1.807) is 0 Å². The van der Waals surface area contributed by atoms with E-state index in [-0.39, 0.29) is 0 Å². The van der Waals surface area contributed by atoms with Crippen LogP contribution in [0.5, 0.6) is 0 Å². The Kier molecular flexibility index (Phi) is 1.89. The summed E-state index contributed by atoms with van der Waals surface area (Å²) in [4.78, 5) is 0. The van der Waals surface area contributed by atoms with Gasteiger partial charge in [0.15, 0.2) is 17.5 Å². The van der Waals surface area contributed by atoms with Gasteiger partial charge in [0.25, 0.3) is 0 Å². The Morgan fingerprint density at radius 3 is 2.00 bits per heavy atom. The van der Waals surface area contributed by atoms with Gasteiger partial charge in [-0.2, -0.15) is 0 Å². The Labute approximate surface area is 61.2 Å². The van der Waals surface area contributed by atoms with E-state index in [0.717, 1.165) is 7.85 Å². The molecule has 0 aliphatic rings. The number of hydrogen-bond donors (Lipinski definition) is 0. The lowest BCUT2D eigenvalue weighted by molar-refractivity contribution is 0.440. The Balaban J connectivity index is 3.46. The predicted molar refractivity (Wildman–Crippen MR) is 34.5 cm³/mol. The maximum absolute atomic E-state index is 12.4. The summed E-state index contributed by atoms with van der Waals surface area (Å²) >= 11 is 0. The molecule has 0 aliphatic carbocycles. The molecule has 0 spiro atoms. The molecule has 1 aromatic carbocycles. The molecule has 0 fully saturated rings. The summed E-state index contributed by atoms with van der Waals surface area (Å²) in [5.41, 5.74) is -0.510. The molecule has 0 nitrogen and oxygen atoms in total. The van der Waals surface area contributed by atoms with Crippen LogP contribution in [0.4, 0.5) is 17.6 Å². The number of hydrogen-bond acceptors (Lipinski definition) is 0. The van der Waals surface area contributed by atoms with Crippen LogP contribution in [0.15, 0.2) is 6.07 Å². The highest BCUT2D eigenvalue weighted by Crippen LogP contribution is 2.09. The third-order valence-electron chi connectivity index (χ3n) is 1.34. The zero-order chi connectivity index (χ0) is 8.59. The molecule has 0 amide bonds. The van der Waals surface area contributed by atoms with Gasteiger partial charge in [-0.3, -0.25) is 0 Å². The Morgan fingerprint density at radius 2 is 1.45 bits per heavy atom. The topological polar surface area (TPSA) is 0 Å². The van der Waals surface area contributed by atoms with Crippen molar-refractivity contribution in [1.82, 2.24) is 0 Å². The van der Waals surface area contributed by atoms with Crippen molar-refractivity contribution in [3.05, 3.63) is 29.3 Å². The molecule has 0 N–H and O–H groups in total. The van der Waals surface area contributed by atoms with Crippen molar-refractivity contribution >= 4 is 13.3 Å². The summed E-state index contributed by atoms with van der Waals surface area (Å²) in [6, 6.07) is 0.313. The molecule has 0 heterocycles. The fourth-order valence-corrected chi connectivity index (χ4v) is 0.657. The van der Waals surface area contributed by atoms with Gasteiger partial charge >= 0.3 is 0 Å². The maximum Gasteiger partial charge on any atom is 0.194 e. The molecule has 0 aliphatic heterocycles. The van der Waals surface area contributed by atoms with Crippen molar-refractivity contribution in [2.75, 3.05) is 0 Å². The SMILES string of the molecule is Bc1c(F)cc(F)c(F)c1F. The first-order valence-corrected chi connectivity index (χ1v) is 2.83. The molecule has 58 valence electrons. The second kappa shape index (κ2) is 2.56. The minimum Gasteiger partial charge on any atom is -0.207 e. The molecule has 0 bridgehead atoms. The highest BCUT2D eigenvalue weighted by atomic mass is 19.2. The van der Waals surface area contributed by atoms with Crippen LogP contribution in [0.1, 0.15) is 0 Å². The summed E-state index contributed by atoms with van der Waals surface area (Å²) in [6.45, 7) is 0. The summed E-state index contributed by atoms with van der Waals surface area (Å²) in [5, 5.41) is 0. The molecular weight excluding hydrogens is 159 g/mol. The van der Waals surface area contributed by atoms with E-state index in [1.807, 2.05) is 0 Å². The Hall–Kier alpha value is -0.995. The van der Waals surface area contributed by atoms with Gasteiger partial charge in [-0.1, -0.05) is 0 Å². The monoisotopic (exact) mass is 162 g/mol. The minimum absolute atomic E-state index is 0.313. The molecule has 1 rings (SSSR count). The minimum atomic E-state index is -1.64. The van der Waals surface area contributed by atoms with Crippen LogP contribution >= 0.6 is 0 Å². The molecule has 0 saturated heterocycles. The Morgan fingerprint density at radius 1 is 0.909 bits per heavy atom. The van der Waals surface area contributed by atoms with E-state index >= 15 is 0 Å². The fraction of sp³-hybridized carbons (Fsp3) is 0. The molecule has 0 aromatic heterocycles. The quantitative estimate of drug-likeness (QED) is 0.225. The first kappa shape index (κ1) is 8.10. The van der Waals surface area contributed by atoms with E-state index in [0.29, 0.717) is 6.07 Å². The molecule has 5 heteroatoms. The lowest BCUT2D eigenvalue weighted by atomic mass is 9.94. The number of halogens is 4. The molecule has 11 heavy (non-hydrogen) atoms. The first-order valence-electron chi connectivity index (χ1n) is 2.83. The van der Waals surface area contributed by atoms with Crippen LogP contribution in [0.25, 0.3) is 0 Å². The van der Waals surface area contributed by atoms with Gasteiger partial charge in [0.2, 0.25) is 0 Å². The largest absolute Gasteiger partial charge is 0.207 e. The van der Waals surface area contributed by atoms with Crippen molar-refractivity contribution < 1.29 is 17.6 Å². The van der Waals surface area contributed by atoms with E-state index in [4.69, 9.17) is 0 Å². The van der Waals surface area contributed by atoms with Crippen LogP contribution in [-0.2, 0) is 0 Å². The third kappa shape index (κ3) is 1.22. The summed E-state index contributed by atoms with van der Waals surface area (Å²) < 4.78 is 49.2. The second-order valence-corrected chi connectivity index (χ2v) is 2.09. The van der Waals surface area contributed by atoms with Crippen LogP contribution in [0, 0.1) is 23.3 Å². The van der Waals surface area contributed by atoms with Crippen LogP contribution in [-0.4, -0.2) is 7.85 Å². The third-order valence-corrected chi connectivity index (χ3v) is 1.34. The molecule has 0 saturated carbocycles. The zero-order valence-electron chi connectivity index (χ0n) is 5.59. The average molecular weight is 162 g/mol. The zero-order valence-corrected chi connectivity index (χ0v) is 5.59. The normalized spacial score (nSPS) is 10.2. The van der Waals surface area contributed by atoms with Gasteiger partial charge in [0.05, 0.1) is 0 Å². The maximum atomic E-state index is 12.4. The molecule has 0 atom stereocenters. The van der Waals surface area contributed by atoms with Gasteiger partial charge < -0.3 is 0 Å². The van der Waals surface area contributed by atoms with E-state index in [2.05, 4.69) is 0 Å². The van der Waals surface area contributed by atoms with E-state index in [1.165, 1.54) is 0 Å². The van der Waals surface area contributed by atoms with Gasteiger partial charge in [0, 0.05) is 6.07 Å². The van der Waals surface area contributed by atoms with Gasteiger partial charge in [-0.25, -0.2) is 17.6 Å². The predicted octanol–water partition coefficient (Wildman–Crippen LogP) is 0.501. The van der Waals surface area contributed by atoms with Gasteiger partial charge in [-0.05, 0) is 5.46 Å². The van der Waals surface area contributed by atoms with Crippen molar-refractivity contribution in [1.29, 1.82) is 0 Å². The van der Waals surface area contributed by atoms with E-state index < -0.39 is 28.7 Å². The smallest absolute Gasteiger partial charge is 0.194 e. The standard InChI is InChI=1S/C6H3BF4/c7-4-2(8)1-3(9)5(10)6(4)11/h1H,7H2. The Bertz CT molecular complexity index is 271. The second-order valence-electron chi connectivity index (χ2n) is 2.09. The lowest BCUT2D eigenvalue weighted by Gasteiger charge is -1.99. The van der Waals surface area contributed by atoms with Gasteiger partial charge in [-0.15, -0.1) is 0 Å². The van der Waals surface area contributed by atoms with Crippen LogP contribution in [0.2, 0.25) is 0 Å². The number of benzene rings is 1. The highest BCUT2D eigenvalue weighted by molar-refractivity contribution is 6.32. The van der Waals surface area contributed by atoms with E-state index in [9.17, 15) is 17.6 Å². The van der Waals surface area contributed by atoms with Crippen LogP contribution in [0.3, 0.4) is 0 Å². The average Bonchev–Trinajstić information content (AvgIpc) is 1.97. The fourth-order valence-electron chi connectivity index (χ4n) is 0.657. The first-order chi connectivity index (χ1) is 5.04. The highest BCUT2D eigenvalue weighted by Gasteiger charge is 2.14. The van der Waals surface area contributed by atoms with Crippen molar-refractivity contribution in [3.8, 4) is 0 Å². The molecule has 0 unspecified atom stereocenters. The summed E-state index contributed by atoms with van der Waals surface area (Å²) in [6.07, 6.45) is 0. The van der Waals surface area contributed by atoms with Crippen molar-refractivity contribution in [3.63, 3.8) is 0 Å². The summed E-state index contributed by atoms with van der Waals surface area (Å²) in [5.74, 6) is -5.70. The van der Waals surface area contributed by atoms with Crippen LogP contribution < -0.4 is 5.46 Å². The lowest BCUT2D eigenvalue weighted by Crippen LogP contribution is -2.17. The molecule has 1 aromatic rings. The number of rotatable bonds is 0. The van der Waals surface area contributed by atoms with Crippen molar-refractivity contribution in [2.45, 2.75) is 0 Å². The molecular formula is C6H3BF4. The van der Waals surface area contributed by atoms with Crippen molar-refractivity contribution in [2.24, 2.45) is 0 Å². The summed E-state index contributed by atoms with van der Waals surface area (Å²) in [7, 11) is 1.03. The van der Waals surface area contributed by atoms with Gasteiger partial charge in [0.1, 0.15) is 13.7 Å².